The molecule has 120 valence electrons. The lowest BCUT2D eigenvalue weighted by atomic mass is 10.2. The second kappa shape index (κ2) is 8.16. The van der Waals surface area contributed by atoms with Crippen LogP contribution in [0.25, 0.3) is 0 Å². The fraction of sp³-hybridized carbons (Fsp3) is 0.588. The molecule has 1 N–H and O–H groups in total. The lowest BCUT2D eigenvalue weighted by Gasteiger charge is -2.23. The van der Waals surface area contributed by atoms with Crippen molar-refractivity contribution in [2.75, 3.05) is 29.9 Å². The van der Waals surface area contributed by atoms with Crippen LogP contribution in [0.3, 0.4) is 0 Å². The van der Waals surface area contributed by atoms with Crippen LogP contribution >= 0.6 is 23.5 Å². The van der Waals surface area contributed by atoms with Gasteiger partial charge in [0.05, 0.1) is 4.58 Å². The first-order valence-corrected chi connectivity index (χ1v) is 10.3. The number of benzene rings is 1. The number of likely N-dealkylation sites (tertiary alicyclic amines) is 1. The summed E-state index contributed by atoms with van der Waals surface area (Å²) in [5, 5.41) is 3.09. The summed E-state index contributed by atoms with van der Waals surface area (Å²) >= 11 is 4.03. The van der Waals surface area contributed by atoms with Crippen molar-refractivity contribution in [2.45, 2.75) is 36.7 Å². The fourth-order valence-electron chi connectivity index (χ4n) is 2.92. The summed E-state index contributed by atoms with van der Waals surface area (Å²) in [4.78, 5) is 14.4. The number of nitrogens with one attached hydrogen (secondary N) is 1. The molecule has 1 aromatic rings. The van der Waals surface area contributed by atoms with Gasteiger partial charge >= 0.3 is 6.03 Å². The van der Waals surface area contributed by atoms with Gasteiger partial charge in [0.1, 0.15) is 0 Å². The fourth-order valence-corrected chi connectivity index (χ4v) is 5.79. The molecule has 0 saturated carbocycles. The molecule has 0 unspecified atom stereocenters. The van der Waals surface area contributed by atoms with Gasteiger partial charge < -0.3 is 10.2 Å². The van der Waals surface area contributed by atoms with Gasteiger partial charge in [-0.05, 0) is 48.5 Å². The molecule has 0 spiro atoms. The third-order valence-corrected chi connectivity index (χ3v) is 7.15. The van der Waals surface area contributed by atoms with Crippen LogP contribution in [0.1, 0.15) is 42.2 Å². The zero-order valence-electron chi connectivity index (χ0n) is 12.9. The van der Waals surface area contributed by atoms with Crippen LogP contribution in [0.15, 0.2) is 24.3 Å². The largest absolute Gasteiger partial charge is 0.325 e. The minimum Gasteiger partial charge on any atom is -0.325 e. The molecule has 2 fully saturated rings. The second-order valence-electron chi connectivity index (χ2n) is 5.88. The van der Waals surface area contributed by atoms with Crippen LogP contribution in [0.4, 0.5) is 10.5 Å². The summed E-state index contributed by atoms with van der Waals surface area (Å²) in [5.74, 6) is 2.48. The molecule has 0 bridgehead atoms. The van der Waals surface area contributed by atoms with E-state index in [0.717, 1.165) is 31.6 Å². The molecule has 0 atom stereocenters. The smallest absolute Gasteiger partial charge is 0.321 e. The zero-order valence-corrected chi connectivity index (χ0v) is 14.6. The highest BCUT2D eigenvalue weighted by atomic mass is 32.2. The number of amides is 2. The first-order valence-electron chi connectivity index (χ1n) is 8.22. The van der Waals surface area contributed by atoms with Gasteiger partial charge in [-0.25, -0.2) is 4.79 Å². The van der Waals surface area contributed by atoms with E-state index in [-0.39, 0.29) is 6.03 Å². The Balaban J connectivity index is 1.62. The number of urea groups is 1. The maximum Gasteiger partial charge on any atom is 0.321 e. The molecular weight excluding hydrogens is 312 g/mol. The summed E-state index contributed by atoms with van der Waals surface area (Å²) in [6, 6.07) is 8.44. The molecule has 5 heteroatoms. The average molecular weight is 337 g/mol. The van der Waals surface area contributed by atoms with Crippen LogP contribution in [0.2, 0.25) is 0 Å². The molecule has 0 aromatic heterocycles. The van der Waals surface area contributed by atoms with Crippen LogP contribution < -0.4 is 5.32 Å². The van der Waals surface area contributed by atoms with Crippen LogP contribution in [-0.2, 0) is 0 Å². The van der Waals surface area contributed by atoms with E-state index < -0.39 is 0 Å². The summed E-state index contributed by atoms with van der Waals surface area (Å²) in [7, 11) is 0. The summed E-state index contributed by atoms with van der Waals surface area (Å²) in [6.45, 7) is 1.78. The molecule has 0 radical (unpaired) electrons. The highest BCUT2D eigenvalue weighted by Crippen LogP contribution is 2.44. The zero-order chi connectivity index (χ0) is 15.2. The number of hydrogen-bond acceptors (Lipinski definition) is 3. The third kappa shape index (κ3) is 4.35. The minimum atomic E-state index is 0.0583. The Morgan fingerprint density at radius 2 is 1.77 bits per heavy atom. The van der Waals surface area contributed by atoms with Gasteiger partial charge in [0.25, 0.3) is 0 Å². The van der Waals surface area contributed by atoms with Crippen molar-refractivity contribution in [3.05, 3.63) is 29.8 Å². The molecule has 2 amide bonds. The van der Waals surface area contributed by atoms with Gasteiger partial charge in [-0.2, -0.15) is 0 Å². The van der Waals surface area contributed by atoms with Crippen molar-refractivity contribution in [1.29, 1.82) is 0 Å². The highest BCUT2D eigenvalue weighted by Gasteiger charge is 2.18. The Hall–Kier alpha value is -0.810. The van der Waals surface area contributed by atoms with Gasteiger partial charge in [0, 0.05) is 18.8 Å². The maximum absolute atomic E-state index is 12.4. The quantitative estimate of drug-likeness (QED) is 0.828. The van der Waals surface area contributed by atoms with E-state index in [9.17, 15) is 4.79 Å². The van der Waals surface area contributed by atoms with Crippen molar-refractivity contribution in [3.8, 4) is 0 Å². The highest BCUT2D eigenvalue weighted by molar-refractivity contribution is 8.16. The number of carbonyl (C=O) groups is 1. The normalized spacial score (nSPS) is 20.5. The van der Waals surface area contributed by atoms with E-state index in [2.05, 4.69) is 23.5 Å². The molecule has 3 nitrogen and oxygen atoms in total. The van der Waals surface area contributed by atoms with Crippen molar-refractivity contribution >= 4 is 35.2 Å². The van der Waals surface area contributed by atoms with E-state index in [1.807, 2.05) is 34.5 Å². The number of hydrogen-bond donors (Lipinski definition) is 1. The summed E-state index contributed by atoms with van der Waals surface area (Å²) in [6.07, 6.45) is 6.05. The van der Waals surface area contributed by atoms with Gasteiger partial charge in [-0.3, -0.25) is 0 Å². The number of rotatable bonds is 2. The van der Waals surface area contributed by atoms with Crippen molar-refractivity contribution in [1.82, 2.24) is 4.90 Å². The number of thioether (sulfide) groups is 2. The number of nitrogens with zero attached hydrogens (tertiary/aromatic N) is 1. The average Bonchev–Trinajstić information content (AvgIpc) is 2.85. The van der Waals surface area contributed by atoms with Crippen LogP contribution in [-0.4, -0.2) is 35.5 Å². The molecule has 1 aromatic carbocycles. The molecule has 2 aliphatic heterocycles. The molecule has 22 heavy (non-hydrogen) atoms. The molecule has 2 heterocycles. The molecule has 2 aliphatic rings. The van der Waals surface area contributed by atoms with E-state index in [1.165, 1.54) is 36.3 Å². The van der Waals surface area contributed by atoms with Crippen molar-refractivity contribution in [2.24, 2.45) is 0 Å². The monoisotopic (exact) mass is 336 g/mol. The minimum absolute atomic E-state index is 0.0583. The van der Waals surface area contributed by atoms with Crippen molar-refractivity contribution < 1.29 is 4.79 Å². The van der Waals surface area contributed by atoms with E-state index >= 15 is 0 Å². The Morgan fingerprint density at radius 1 is 1.05 bits per heavy atom. The number of anilines is 1. The first kappa shape index (κ1) is 16.1. The third-order valence-electron chi connectivity index (χ3n) is 4.13. The molecular formula is C17H24N2OS2. The summed E-state index contributed by atoms with van der Waals surface area (Å²) in [5.41, 5.74) is 2.25. The Bertz CT molecular complexity index is 495. The first-order chi connectivity index (χ1) is 10.8. The van der Waals surface area contributed by atoms with Gasteiger partial charge in [-0.1, -0.05) is 25.0 Å². The molecule has 0 aliphatic carbocycles. The predicted molar refractivity (Wildman–Crippen MR) is 97.8 cm³/mol. The standard InChI is InChI=1S/C17H24N2OS2/c20-17(19-9-3-1-2-4-10-19)18-15-8-5-7-14(13-15)16-21-11-6-12-22-16/h5,7-8,13,16H,1-4,6,9-12H2,(H,18,20). The van der Waals surface area contributed by atoms with E-state index in [4.69, 9.17) is 0 Å². The van der Waals surface area contributed by atoms with Crippen molar-refractivity contribution in [3.63, 3.8) is 0 Å². The second-order valence-corrected chi connectivity index (χ2v) is 8.61. The molecule has 3 rings (SSSR count). The Kier molecular flexibility index (Phi) is 5.96. The Morgan fingerprint density at radius 3 is 2.50 bits per heavy atom. The van der Waals surface area contributed by atoms with E-state index in [0.29, 0.717) is 4.58 Å². The lowest BCUT2D eigenvalue weighted by Crippen LogP contribution is -2.35. The predicted octanol–water partition coefficient (Wildman–Crippen LogP) is 4.96. The van der Waals surface area contributed by atoms with Gasteiger partial charge in [0.2, 0.25) is 0 Å². The summed E-state index contributed by atoms with van der Waals surface area (Å²) < 4.78 is 0.517. The van der Waals surface area contributed by atoms with Gasteiger partial charge in [0.15, 0.2) is 0 Å². The van der Waals surface area contributed by atoms with Crippen LogP contribution in [0, 0.1) is 0 Å². The van der Waals surface area contributed by atoms with E-state index in [1.54, 1.807) is 0 Å². The Labute approximate surface area is 141 Å². The topological polar surface area (TPSA) is 32.3 Å². The maximum atomic E-state index is 12.4. The van der Waals surface area contributed by atoms with Crippen LogP contribution in [0.5, 0.6) is 0 Å². The number of carbonyl (C=O) groups excluding carboxylic acids is 1. The molecule has 2 saturated heterocycles. The SMILES string of the molecule is O=C(Nc1cccc(C2SCCCS2)c1)N1CCCCCC1. The lowest BCUT2D eigenvalue weighted by molar-refractivity contribution is 0.214. The van der Waals surface area contributed by atoms with Gasteiger partial charge in [-0.15, -0.1) is 23.5 Å².